The Morgan fingerprint density at radius 3 is 2.21 bits per heavy atom. The second kappa shape index (κ2) is 10.2. The van der Waals surface area contributed by atoms with E-state index in [1.54, 1.807) is 6.92 Å². The van der Waals surface area contributed by atoms with Crippen molar-refractivity contribution in [2.75, 3.05) is 13.2 Å². The van der Waals surface area contributed by atoms with Crippen LogP contribution in [0.15, 0.2) is 0 Å². The smallest absolute Gasteiger partial charge is 0.243 e. The lowest BCUT2D eigenvalue weighted by Crippen LogP contribution is -2.64. The van der Waals surface area contributed by atoms with Crippen molar-refractivity contribution in [2.24, 2.45) is 0 Å². The number of carbonyl (C=O) groups excluding carboxylic acids is 1. The van der Waals surface area contributed by atoms with Crippen LogP contribution in [0.4, 0.5) is 0 Å². The molecule has 0 unspecified atom stereocenters. The Labute approximate surface area is 160 Å². The first-order valence-corrected chi connectivity index (χ1v) is 8.77. The Balaban J connectivity index is 2.04. The number of nitrogens with one attached hydrogen (secondary N) is 1. The Bertz CT molecular complexity index is 507. The van der Waals surface area contributed by atoms with E-state index >= 15 is 0 Å². The SMILES string of the molecule is CCC(=O)NOC[C@H]1O[C@@H](O[C@H]2[C@H](O)[C@@H](O)[C@@H](O)O[C@@H]2CO)[C@H](O)[C@@H](O)[C@H]1O. The molecule has 0 radical (unpaired) electrons. The van der Waals surface area contributed by atoms with Crippen LogP contribution in [0.2, 0.25) is 0 Å². The molecule has 0 saturated carbocycles. The molecule has 0 aromatic rings. The van der Waals surface area contributed by atoms with Gasteiger partial charge in [0, 0.05) is 6.42 Å². The number of rotatable bonds is 7. The number of hydrogen-bond donors (Lipinski definition) is 8. The van der Waals surface area contributed by atoms with Crippen LogP contribution in [-0.4, -0.2) is 116 Å². The highest BCUT2D eigenvalue weighted by Gasteiger charge is 2.50. The van der Waals surface area contributed by atoms with Crippen LogP contribution in [0.3, 0.4) is 0 Å². The zero-order valence-corrected chi connectivity index (χ0v) is 15.1. The standard InChI is InChI=1S/C15H27NO12/c1-2-7(18)16-25-4-6-8(19)9(20)12(23)15(27-6)28-13-5(3-17)26-14(24)11(22)10(13)21/h5-6,8-15,17,19-24H,2-4H2,1H3,(H,16,18)/t5-,6-,8+,9+,10-,11-,12-,13-,14+,15+/m1/s1. The number of hydrogen-bond acceptors (Lipinski definition) is 12. The van der Waals surface area contributed by atoms with Crippen LogP contribution in [0.1, 0.15) is 13.3 Å². The number of aliphatic hydroxyl groups excluding tert-OH is 7. The van der Waals surface area contributed by atoms with Gasteiger partial charge in [0.05, 0.1) is 6.61 Å². The summed E-state index contributed by atoms with van der Waals surface area (Å²) in [6.07, 6.45) is -15.7. The van der Waals surface area contributed by atoms with E-state index < -0.39 is 80.5 Å². The zero-order chi connectivity index (χ0) is 21.0. The molecule has 10 atom stereocenters. The van der Waals surface area contributed by atoms with Gasteiger partial charge in [-0.2, -0.15) is 0 Å². The van der Waals surface area contributed by atoms with Crippen molar-refractivity contribution in [3.63, 3.8) is 0 Å². The van der Waals surface area contributed by atoms with Gasteiger partial charge in [0.2, 0.25) is 5.91 Å². The highest BCUT2D eigenvalue weighted by molar-refractivity contribution is 5.74. The number of ether oxygens (including phenoxy) is 3. The van der Waals surface area contributed by atoms with Crippen LogP contribution < -0.4 is 5.48 Å². The van der Waals surface area contributed by atoms with Gasteiger partial charge in [0.1, 0.15) is 55.4 Å². The average molecular weight is 413 g/mol. The number of hydroxylamine groups is 1. The van der Waals surface area contributed by atoms with E-state index in [9.17, 15) is 40.5 Å². The third-order valence-electron chi connectivity index (χ3n) is 4.55. The molecule has 28 heavy (non-hydrogen) atoms. The van der Waals surface area contributed by atoms with Crippen LogP contribution >= 0.6 is 0 Å². The molecule has 0 aromatic carbocycles. The summed E-state index contributed by atoms with van der Waals surface area (Å²) >= 11 is 0. The van der Waals surface area contributed by atoms with Crippen molar-refractivity contribution in [1.29, 1.82) is 0 Å². The minimum atomic E-state index is -1.76. The summed E-state index contributed by atoms with van der Waals surface area (Å²) in [5, 5.41) is 68.8. The highest BCUT2D eigenvalue weighted by atomic mass is 16.7. The first kappa shape index (κ1) is 23.3. The molecule has 0 aromatic heterocycles. The average Bonchev–Trinajstić information content (AvgIpc) is 2.69. The van der Waals surface area contributed by atoms with Crippen molar-refractivity contribution in [3.05, 3.63) is 0 Å². The van der Waals surface area contributed by atoms with Crippen LogP contribution in [-0.2, 0) is 23.8 Å². The zero-order valence-electron chi connectivity index (χ0n) is 15.1. The van der Waals surface area contributed by atoms with Gasteiger partial charge in [-0.15, -0.1) is 0 Å². The molecule has 164 valence electrons. The predicted molar refractivity (Wildman–Crippen MR) is 85.9 cm³/mol. The normalized spacial score (nSPS) is 44.3. The van der Waals surface area contributed by atoms with E-state index in [0.29, 0.717) is 0 Å². The second-order valence-electron chi connectivity index (χ2n) is 6.53. The fraction of sp³-hybridized carbons (Fsp3) is 0.933. The molecule has 0 aliphatic carbocycles. The Hall–Kier alpha value is -0.970. The van der Waals surface area contributed by atoms with E-state index in [1.807, 2.05) is 0 Å². The molecule has 2 aliphatic heterocycles. The fourth-order valence-corrected chi connectivity index (χ4v) is 2.83. The lowest BCUT2D eigenvalue weighted by Gasteiger charge is -2.45. The molecule has 2 rings (SSSR count). The lowest BCUT2D eigenvalue weighted by molar-refractivity contribution is -0.356. The molecule has 2 aliphatic rings. The monoisotopic (exact) mass is 413 g/mol. The molecule has 2 heterocycles. The molecule has 8 N–H and O–H groups in total. The van der Waals surface area contributed by atoms with Crippen LogP contribution in [0, 0.1) is 0 Å². The van der Waals surface area contributed by atoms with E-state index in [1.165, 1.54) is 0 Å². The summed E-state index contributed by atoms with van der Waals surface area (Å²) in [5.41, 5.74) is 2.09. The third-order valence-corrected chi connectivity index (χ3v) is 4.55. The molecule has 1 amide bonds. The summed E-state index contributed by atoms with van der Waals surface area (Å²) in [4.78, 5) is 16.1. The quantitative estimate of drug-likeness (QED) is 0.185. The largest absolute Gasteiger partial charge is 0.394 e. The highest BCUT2D eigenvalue weighted by Crippen LogP contribution is 2.28. The van der Waals surface area contributed by atoms with Gasteiger partial charge in [0.15, 0.2) is 12.6 Å². The van der Waals surface area contributed by atoms with Gasteiger partial charge in [-0.05, 0) is 0 Å². The van der Waals surface area contributed by atoms with E-state index in [2.05, 4.69) is 5.48 Å². The Morgan fingerprint density at radius 1 is 0.929 bits per heavy atom. The van der Waals surface area contributed by atoms with E-state index in [-0.39, 0.29) is 6.42 Å². The first-order chi connectivity index (χ1) is 13.2. The maximum atomic E-state index is 11.2. The van der Waals surface area contributed by atoms with Crippen molar-refractivity contribution in [1.82, 2.24) is 5.48 Å². The minimum Gasteiger partial charge on any atom is -0.394 e. The molecule has 13 nitrogen and oxygen atoms in total. The summed E-state index contributed by atoms with van der Waals surface area (Å²) in [6.45, 7) is 0.495. The summed E-state index contributed by atoms with van der Waals surface area (Å²) < 4.78 is 15.7. The summed E-state index contributed by atoms with van der Waals surface area (Å²) in [5.74, 6) is -0.431. The number of aliphatic hydroxyl groups is 7. The van der Waals surface area contributed by atoms with Gasteiger partial charge < -0.3 is 50.0 Å². The van der Waals surface area contributed by atoms with Crippen LogP contribution in [0.25, 0.3) is 0 Å². The molecule has 0 bridgehead atoms. The lowest BCUT2D eigenvalue weighted by atomic mass is 9.97. The topological polar surface area (TPSA) is 208 Å². The third kappa shape index (κ3) is 5.14. The minimum absolute atomic E-state index is 0.150. The van der Waals surface area contributed by atoms with E-state index in [4.69, 9.17) is 19.0 Å². The predicted octanol–water partition coefficient (Wildman–Crippen LogP) is -4.93. The van der Waals surface area contributed by atoms with Crippen molar-refractivity contribution in [2.45, 2.75) is 74.8 Å². The fourth-order valence-electron chi connectivity index (χ4n) is 2.83. The molecule has 2 fully saturated rings. The summed E-state index contributed by atoms with van der Waals surface area (Å²) in [7, 11) is 0. The van der Waals surface area contributed by atoms with Gasteiger partial charge in [0.25, 0.3) is 0 Å². The van der Waals surface area contributed by atoms with Gasteiger partial charge in [-0.1, -0.05) is 6.92 Å². The van der Waals surface area contributed by atoms with E-state index in [0.717, 1.165) is 0 Å². The molecular formula is C15H27NO12. The van der Waals surface area contributed by atoms with Gasteiger partial charge in [-0.3, -0.25) is 9.63 Å². The second-order valence-corrected chi connectivity index (χ2v) is 6.53. The molecule has 0 spiro atoms. The molecule has 2 saturated heterocycles. The van der Waals surface area contributed by atoms with Crippen molar-refractivity contribution >= 4 is 5.91 Å². The summed E-state index contributed by atoms with van der Waals surface area (Å²) in [6, 6.07) is 0. The van der Waals surface area contributed by atoms with Gasteiger partial charge >= 0.3 is 0 Å². The maximum absolute atomic E-state index is 11.2. The van der Waals surface area contributed by atoms with Gasteiger partial charge in [-0.25, -0.2) is 5.48 Å². The number of amides is 1. The molecular weight excluding hydrogens is 386 g/mol. The Morgan fingerprint density at radius 2 is 1.61 bits per heavy atom. The molecule has 13 heteroatoms. The first-order valence-electron chi connectivity index (χ1n) is 8.77. The van der Waals surface area contributed by atoms with Crippen molar-refractivity contribution in [3.8, 4) is 0 Å². The maximum Gasteiger partial charge on any atom is 0.243 e. The Kier molecular flexibility index (Phi) is 8.47. The number of carbonyl (C=O) groups is 1. The van der Waals surface area contributed by atoms with Crippen molar-refractivity contribution < 1.29 is 59.6 Å². The van der Waals surface area contributed by atoms with Crippen LogP contribution in [0.5, 0.6) is 0 Å².